The Morgan fingerprint density at radius 2 is 2.42 bits per heavy atom. The molecule has 1 amide bonds. The first kappa shape index (κ1) is 9.77. The number of rotatable bonds is 1. The number of fused-ring (bicyclic) bond motifs is 2. The van der Waals surface area contributed by atoms with Crippen LogP contribution in [0.25, 0.3) is 0 Å². The molecule has 0 radical (unpaired) electrons. The lowest BCUT2D eigenvalue weighted by molar-refractivity contribution is -0.135. The lowest BCUT2D eigenvalue weighted by Crippen LogP contribution is -2.47. The number of aliphatic hydroxyl groups is 1. The van der Waals surface area contributed by atoms with Gasteiger partial charge >= 0.3 is 0 Å². The van der Waals surface area contributed by atoms with Crippen LogP contribution >= 0.6 is 12.4 Å². The minimum atomic E-state index is -0.344. The Labute approximate surface area is 77.3 Å². The van der Waals surface area contributed by atoms with Crippen molar-refractivity contribution in [1.82, 2.24) is 10.2 Å². The number of hydrogen-bond donors (Lipinski definition) is 2. The standard InChI is InChI=1S/C7H12N2O2.ClH/c10-4-7(11)9-3-5-1-6(9)2-8-5;/h5-6,8,10H,1-4H2;1H. The third-order valence-electron chi connectivity index (χ3n) is 2.51. The molecule has 2 N–H and O–H groups in total. The molecule has 5 heteroatoms. The highest BCUT2D eigenvalue weighted by molar-refractivity contribution is 5.85. The van der Waals surface area contributed by atoms with Gasteiger partial charge < -0.3 is 15.3 Å². The van der Waals surface area contributed by atoms with Gasteiger partial charge in [0.25, 0.3) is 0 Å². The molecule has 0 spiro atoms. The summed E-state index contributed by atoms with van der Waals surface area (Å²) in [6.07, 6.45) is 1.06. The van der Waals surface area contributed by atoms with E-state index in [1.54, 1.807) is 4.90 Å². The van der Waals surface area contributed by atoms with E-state index in [0.717, 1.165) is 19.5 Å². The van der Waals surface area contributed by atoms with E-state index in [4.69, 9.17) is 5.11 Å². The first-order valence-electron chi connectivity index (χ1n) is 3.95. The highest BCUT2D eigenvalue weighted by Gasteiger charge is 2.39. The predicted octanol–water partition coefficient (Wildman–Crippen LogP) is -1.03. The van der Waals surface area contributed by atoms with Crippen LogP contribution in [0.1, 0.15) is 6.42 Å². The van der Waals surface area contributed by atoms with Gasteiger partial charge in [-0.05, 0) is 6.42 Å². The number of carbonyl (C=O) groups excluding carboxylic acids is 1. The Balaban J connectivity index is 0.000000720. The lowest BCUT2D eigenvalue weighted by Gasteiger charge is -2.26. The molecular weight excluding hydrogens is 180 g/mol. The SMILES string of the molecule is Cl.O=C(CO)N1CC2CC1CN2. The number of amides is 1. The van der Waals surface area contributed by atoms with Gasteiger partial charge in [-0.1, -0.05) is 0 Å². The Morgan fingerprint density at radius 1 is 1.67 bits per heavy atom. The fraction of sp³-hybridized carbons (Fsp3) is 0.857. The van der Waals surface area contributed by atoms with E-state index in [2.05, 4.69) is 5.32 Å². The number of halogens is 1. The molecule has 2 aliphatic heterocycles. The molecule has 2 saturated heterocycles. The van der Waals surface area contributed by atoms with Crippen molar-refractivity contribution in [3.8, 4) is 0 Å². The third-order valence-corrected chi connectivity index (χ3v) is 2.51. The van der Waals surface area contributed by atoms with E-state index in [1.807, 2.05) is 0 Å². The quantitative estimate of drug-likeness (QED) is 0.559. The fourth-order valence-electron chi connectivity index (χ4n) is 1.96. The minimum absolute atomic E-state index is 0. The molecule has 0 aromatic rings. The van der Waals surface area contributed by atoms with Crippen molar-refractivity contribution in [2.75, 3.05) is 19.7 Å². The zero-order chi connectivity index (χ0) is 7.84. The van der Waals surface area contributed by atoms with Crippen LogP contribution in [0, 0.1) is 0 Å². The van der Waals surface area contributed by atoms with Gasteiger partial charge in [-0.15, -0.1) is 12.4 Å². The molecule has 0 saturated carbocycles. The molecular formula is C7H13ClN2O2. The maximum absolute atomic E-state index is 11.1. The molecule has 2 aliphatic rings. The van der Waals surface area contributed by atoms with Crippen molar-refractivity contribution in [3.05, 3.63) is 0 Å². The minimum Gasteiger partial charge on any atom is -0.387 e. The monoisotopic (exact) mass is 192 g/mol. The van der Waals surface area contributed by atoms with Gasteiger partial charge in [-0.25, -0.2) is 0 Å². The molecule has 2 rings (SSSR count). The van der Waals surface area contributed by atoms with Crippen LogP contribution in [0.15, 0.2) is 0 Å². The van der Waals surface area contributed by atoms with Crippen LogP contribution in [-0.4, -0.2) is 47.7 Å². The van der Waals surface area contributed by atoms with Gasteiger partial charge in [-0.2, -0.15) is 0 Å². The van der Waals surface area contributed by atoms with Gasteiger partial charge in [0, 0.05) is 25.2 Å². The Hall–Kier alpha value is -0.320. The van der Waals surface area contributed by atoms with Crippen molar-refractivity contribution in [3.63, 3.8) is 0 Å². The highest BCUT2D eigenvalue weighted by atomic mass is 35.5. The van der Waals surface area contributed by atoms with Crippen molar-refractivity contribution in [2.24, 2.45) is 0 Å². The van der Waals surface area contributed by atoms with Crippen LogP contribution in [0.3, 0.4) is 0 Å². The molecule has 2 atom stereocenters. The predicted molar refractivity (Wildman–Crippen MR) is 46.2 cm³/mol. The maximum atomic E-state index is 11.1. The van der Waals surface area contributed by atoms with Crippen LogP contribution < -0.4 is 5.32 Å². The summed E-state index contributed by atoms with van der Waals surface area (Å²) >= 11 is 0. The Bertz CT molecular complexity index is 188. The molecule has 70 valence electrons. The number of aliphatic hydroxyl groups excluding tert-OH is 1. The first-order chi connectivity index (χ1) is 5.31. The molecule has 2 heterocycles. The van der Waals surface area contributed by atoms with E-state index < -0.39 is 0 Å². The van der Waals surface area contributed by atoms with Crippen molar-refractivity contribution >= 4 is 18.3 Å². The van der Waals surface area contributed by atoms with Crippen LogP contribution in [0.2, 0.25) is 0 Å². The zero-order valence-corrected chi connectivity index (χ0v) is 7.51. The normalized spacial score (nSPS) is 31.9. The molecule has 2 fully saturated rings. The van der Waals surface area contributed by atoms with Gasteiger partial charge in [-0.3, -0.25) is 4.79 Å². The maximum Gasteiger partial charge on any atom is 0.248 e. The summed E-state index contributed by atoms with van der Waals surface area (Å²) in [5.74, 6) is -0.126. The second-order valence-electron chi connectivity index (χ2n) is 3.20. The highest BCUT2D eigenvalue weighted by Crippen LogP contribution is 2.22. The van der Waals surface area contributed by atoms with Crippen molar-refractivity contribution in [1.29, 1.82) is 0 Å². The zero-order valence-electron chi connectivity index (χ0n) is 6.69. The second kappa shape index (κ2) is 3.60. The Morgan fingerprint density at radius 3 is 2.83 bits per heavy atom. The topological polar surface area (TPSA) is 52.6 Å². The van der Waals surface area contributed by atoms with Gasteiger partial charge in [0.15, 0.2) is 0 Å². The molecule has 2 bridgehead atoms. The number of likely N-dealkylation sites (tertiary alicyclic amines) is 1. The van der Waals surface area contributed by atoms with Crippen LogP contribution in [0.4, 0.5) is 0 Å². The molecule has 4 nitrogen and oxygen atoms in total. The third kappa shape index (κ3) is 1.42. The molecule has 0 aliphatic carbocycles. The number of nitrogens with one attached hydrogen (secondary N) is 1. The average molecular weight is 193 g/mol. The van der Waals surface area contributed by atoms with Crippen LogP contribution in [-0.2, 0) is 4.79 Å². The molecule has 0 aromatic carbocycles. The summed E-state index contributed by atoms with van der Waals surface area (Å²) in [7, 11) is 0. The van der Waals surface area contributed by atoms with E-state index in [1.165, 1.54) is 0 Å². The van der Waals surface area contributed by atoms with Gasteiger partial charge in [0.05, 0.1) is 0 Å². The largest absolute Gasteiger partial charge is 0.387 e. The number of hydrogen-bond acceptors (Lipinski definition) is 3. The summed E-state index contributed by atoms with van der Waals surface area (Å²) < 4.78 is 0. The van der Waals surface area contributed by atoms with E-state index in [0.29, 0.717) is 12.1 Å². The van der Waals surface area contributed by atoms with Gasteiger partial charge in [0.2, 0.25) is 5.91 Å². The average Bonchev–Trinajstić information content (AvgIpc) is 2.62. The van der Waals surface area contributed by atoms with Gasteiger partial charge in [0.1, 0.15) is 6.61 Å². The van der Waals surface area contributed by atoms with E-state index in [-0.39, 0.29) is 24.9 Å². The van der Waals surface area contributed by atoms with Crippen molar-refractivity contribution < 1.29 is 9.90 Å². The smallest absolute Gasteiger partial charge is 0.248 e. The second-order valence-corrected chi connectivity index (χ2v) is 3.20. The molecule has 2 unspecified atom stereocenters. The number of carbonyl (C=O) groups is 1. The number of nitrogens with zero attached hydrogens (tertiary/aromatic N) is 1. The lowest BCUT2D eigenvalue weighted by atomic mass is 10.2. The number of piperazine rings is 1. The Kier molecular flexibility index (Phi) is 2.93. The fourth-order valence-corrected chi connectivity index (χ4v) is 1.96. The molecule has 0 aromatic heterocycles. The summed E-state index contributed by atoms with van der Waals surface area (Å²) in [4.78, 5) is 12.8. The van der Waals surface area contributed by atoms with Crippen molar-refractivity contribution in [2.45, 2.75) is 18.5 Å². The van der Waals surface area contributed by atoms with E-state index >= 15 is 0 Å². The summed E-state index contributed by atoms with van der Waals surface area (Å²) in [6.45, 7) is 1.34. The first-order valence-corrected chi connectivity index (χ1v) is 3.95. The van der Waals surface area contributed by atoms with Crippen LogP contribution in [0.5, 0.6) is 0 Å². The summed E-state index contributed by atoms with van der Waals surface area (Å²) in [5.41, 5.74) is 0. The summed E-state index contributed by atoms with van der Waals surface area (Å²) in [6, 6.07) is 0.829. The molecule has 12 heavy (non-hydrogen) atoms. The van der Waals surface area contributed by atoms with E-state index in [9.17, 15) is 4.79 Å². The summed E-state index contributed by atoms with van der Waals surface area (Å²) in [5, 5.41) is 11.9.